The summed E-state index contributed by atoms with van der Waals surface area (Å²) in [5.74, 6) is 0. The first-order valence-electron chi connectivity index (χ1n) is 6.95. The van der Waals surface area contributed by atoms with E-state index in [4.69, 9.17) is 5.14 Å². The van der Waals surface area contributed by atoms with Crippen molar-refractivity contribution >= 4 is 27.5 Å². The fourth-order valence-electron chi connectivity index (χ4n) is 2.64. The van der Waals surface area contributed by atoms with Gasteiger partial charge in [0.15, 0.2) is 0 Å². The Kier molecular flexibility index (Phi) is 4.13. The van der Waals surface area contributed by atoms with Crippen LogP contribution in [0.1, 0.15) is 17.5 Å². The molecule has 0 amide bonds. The van der Waals surface area contributed by atoms with Gasteiger partial charge in [-0.3, -0.25) is 10.1 Å². The maximum Gasteiger partial charge on any atom is 0.284 e. The van der Waals surface area contributed by atoms with Gasteiger partial charge in [0.05, 0.1) is 14.7 Å². The molecule has 0 saturated heterocycles. The van der Waals surface area contributed by atoms with Crippen LogP contribution in [0.2, 0.25) is 0 Å². The van der Waals surface area contributed by atoms with E-state index in [1.165, 1.54) is 35.0 Å². The zero-order chi connectivity index (χ0) is 16.6. The number of nitrogens with two attached hydrogens (primary N) is 1. The van der Waals surface area contributed by atoms with Gasteiger partial charge in [-0.05, 0) is 54.7 Å². The van der Waals surface area contributed by atoms with Gasteiger partial charge in [-0.2, -0.15) is 0 Å². The zero-order valence-electron chi connectivity index (χ0n) is 12.1. The quantitative estimate of drug-likeness (QED) is 0.674. The van der Waals surface area contributed by atoms with Crippen LogP contribution in [-0.2, 0) is 22.9 Å². The first kappa shape index (κ1) is 16.0. The summed E-state index contributed by atoms with van der Waals surface area (Å²) in [6.45, 7) is 0. The fourth-order valence-corrected chi connectivity index (χ4v) is 4.14. The van der Waals surface area contributed by atoms with Crippen LogP contribution in [-0.4, -0.2) is 13.3 Å². The monoisotopic (exact) mass is 350 g/mol. The van der Waals surface area contributed by atoms with Crippen molar-refractivity contribution in [3.63, 3.8) is 0 Å². The van der Waals surface area contributed by atoms with Crippen LogP contribution in [0.15, 0.2) is 51.1 Å². The predicted octanol–water partition coefficient (Wildman–Crippen LogP) is 2.88. The lowest BCUT2D eigenvalue weighted by Crippen LogP contribution is -2.12. The molecular weight excluding hydrogens is 336 g/mol. The van der Waals surface area contributed by atoms with Crippen molar-refractivity contribution in [3.8, 4) is 0 Å². The molecule has 6 nitrogen and oxygen atoms in total. The molecule has 23 heavy (non-hydrogen) atoms. The van der Waals surface area contributed by atoms with E-state index in [0.717, 1.165) is 30.2 Å². The third-order valence-corrected chi connectivity index (χ3v) is 5.72. The summed E-state index contributed by atoms with van der Waals surface area (Å²) in [4.78, 5) is 11.7. The van der Waals surface area contributed by atoms with E-state index in [1.54, 1.807) is 0 Å². The average Bonchev–Trinajstić information content (AvgIpc) is 2.93. The standard InChI is InChI=1S/C15H14N2O4S2/c16-23(20,21)13-6-7-15(14(9-13)17(18)19)22-12-5-4-10-2-1-3-11(10)8-12/h4-9H,1-3H2,(H2,16,20,21). The Morgan fingerprint density at radius 1 is 1.09 bits per heavy atom. The minimum absolute atomic E-state index is 0.262. The van der Waals surface area contributed by atoms with Gasteiger partial charge in [-0.15, -0.1) is 0 Å². The van der Waals surface area contributed by atoms with Crippen LogP contribution in [0.5, 0.6) is 0 Å². The Balaban J connectivity index is 1.98. The molecule has 0 heterocycles. The van der Waals surface area contributed by atoms with Crippen molar-refractivity contribution < 1.29 is 13.3 Å². The number of nitro benzene ring substituents is 1. The van der Waals surface area contributed by atoms with E-state index in [-0.39, 0.29) is 10.6 Å². The number of rotatable bonds is 4. The third-order valence-electron chi connectivity index (χ3n) is 3.75. The van der Waals surface area contributed by atoms with Crippen LogP contribution in [0.25, 0.3) is 0 Å². The van der Waals surface area contributed by atoms with Gasteiger partial charge < -0.3 is 0 Å². The van der Waals surface area contributed by atoms with Gasteiger partial charge in [0.25, 0.3) is 5.69 Å². The number of benzene rings is 2. The summed E-state index contributed by atoms with van der Waals surface area (Å²) < 4.78 is 22.7. The molecule has 2 aromatic rings. The normalized spacial score (nSPS) is 13.8. The van der Waals surface area contributed by atoms with Crippen molar-refractivity contribution in [3.05, 3.63) is 57.6 Å². The number of hydrogen-bond donors (Lipinski definition) is 1. The van der Waals surface area contributed by atoms with Crippen molar-refractivity contribution in [2.24, 2.45) is 5.14 Å². The maximum atomic E-state index is 11.4. The second kappa shape index (κ2) is 5.95. The minimum Gasteiger partial charge on any atom is -0.258 e. The van der Waals surface area contributed by atoms with Crippen LogP contribution < -0.4 is 5.14 Å². The highest BCUT2D eigenvalue weighted by Gasteiger charge is 2.20. The molecule has 0 unspecified atom stereocenters. The highest BCUT2D eigenvalue weighted by Crippen LogP contribution is 2.37. The largest absolute Gasteiger partial charge is 0.284 e. The van der Waals surface area contributed by atoms with Crippen molar-refractivity contribution in [2.75, 3.05) is 0 Å². The van der Waals surface area contributed by atoms with Crippen molar-refractivity contribution in [2.45, 2.75) is 33.9 Å². The second-order valence-electron chi connectivity index (χ2n) is 5.32. The summed E-state index contributed by atoms with van der Waals surface area (Å²) in [6.07, 6.45) is 3.23. The Morgan fingerprint density at radius 2 is 1.83 bits per heavy atom. The lowest BCUT2D eigenvalue weighted by molar-refractivity contribution is -0.388. The van der Waals surface area contributed by atoms with Crippen LogP contribution in [0.3, 0.4) is 0 Å². The van der Waals surface area contributed by atoms with E-state index in [9.17, 15) is 18.5 Å². The fraction of sp³-hybridized carbons (Fsp3) is 0.200. The van der Waals surface area contributed by atoms with E-state index in [1.807, 2.05) is 12.1 Å². The first-order chi connectivity index (χ1) is 10.8. The van der Waals surface area contributed by atoms with Crippen LogP contribution >= 0.6 is 11.8 Å². The smallest absolute Gasteiger partial charge is 0.258 e. The maximum absolute atomic E-state index is 11.4. The first-order valence-corrected chi connectivity index (χ1v) is 9.32. The van der Waals surface area contributed by atoms with Gasteiger partial charge >= 0.3 is 0 Å². The summed E-state index contributed by atoms with van der Waals surface area (Å²) in [6, 6.07) is 9.75. The summed E-state index contributed by atoms with van der Waals surface area (Å²) in [5.41, 5.74) is 2.34. The molecule has 1 aliphatic rings. The lowest BCUT2D eigenvalue weighted by Gasteiger charge is -2.07. The van der Waals surface area contributed by atoms with E-state index < -0.39 is 14.9 Å². The molecule has 0 aliphatic heterocycles. The zero-order valence-corrected chi connectivity index (χ0v) is 13.7. The van der Waals surface area contributed by atoms with Gasteiger partial charge in [-0.1, -0.05) is 17.8 Å². The molecule has 1 aliphatic carbocycles. The van der Waals surface area contributed by atoms with Gasteiger partial charge in [0.2, 0.25) is 10.0 Å². The Bertz CT molecular complexity index is 894. The molecule has 8 heteroatoms. The Labute approximate surface area is 137 Å². The lowest BCUT2D eigenvalue weighted by atomic mass is 10.1. The molecule has 2 N–H and O–H groups in total. The molecule has 0 saturated carbocycles. The number of fused-ring (bicyclic) bond motifs is 1. The second-order valence-corrected chi connectivity index (χ2v) is 7.99. The van der Waals surface area contributed by atoms with Crippen molar-refractivity contribution in [1.82, 2.24) is 0 Å². The van der Waals surface area contributed by atoms with Gasteiger partial charge in [-0.25, -0.2) is 13.6 Å². The van der Waals surface area contributed by atoms with Crippen molar-refractivity contribution in [1.29, 1.82) is 0 Å². The molecule has 0 bridgehead atoms. The average molecular weight is 350 g/mol. The molecular formula is C15H14N2O4S2. The molecule has 0 fully saturated rings. The molecule has 0 radical (unpaired) electrons. The van der Waals surface area contributed by atoms with Crippen LogP contribution in [0, 0.1) is 10.1 Å². The number of nitrogens with zero attached hydrogens (tertiary/aromatic N) is 1. The number of nitro groups is 1. The molecule has 3 rings (SSSR count). The van der Waals surface area contributed by atoms with Gasteiger partial charge in [0.1, 0.15) is 0 Å². The minimum atomic E-state index is -3.97. The number of sulfonamides is 1. The van der Waals surface area contributed by atoms with E-state index >= 15 is 0 Å². The highest BCUT2D eigenvalue weighted by molar-refractivity contribution is 7.99. The molecule has 0 aromatic heterocycles. The predicted molar refractivity (Wildman–Crippen MR) is 87.1 cm³/mol. The number of aryl methyl sites for hydroxylation is 2. The number of primary sulfonamides is 1. The van der Waals surface area contributed by atoms with Crippen LogP contribution in [0.4, 0.5) is 5.69 Å². The Morgan fingerprint density at radius 3 is 2.52 bits per heavy atom. The van der Waals surface area contributed by atoms with Gasteiger partial charge in [0, 0.05) is 11.0 Å². The molecule has 2 aromatic carbocycles. The molecule has 120 valence electrons. The summed E-state index contributed by atoms with van der Waals surface area (Å²) >= 11 is 1.25. The molecule has 0 spiro atoms. The summed E-state index contributed by atoms with van der Waals surface area (Å²) in [5, 5.41) is 16.3. The third kappa shape index (κ3) is 3.39. The SMILES string of the molecule is NS(=O)(=O)c1ccc(Sc2ccc3c(c2)CCC3)c([N+](=O)[O-])c1. The highest BCUT2D eigenvalue weighted by atomic mass is 32.2. The Hall–Kier alpha value is -1.90. The van der Waals surface area contributed by atoms with E-state index in [0.29, 0.717) is 4.90 Å². The topological polar surface area (TPSA) is 103 Å². The summed E-state index contributed by atoms with van der Waals surface area (Å²) in [7, 11) is -3.97. The van der Waals surface area contributed by atoms with E-state index in [2.05, 4.69) is 6.07 Å². The molecule has 0 atom stereocenters. The number of hydrogen-bond acceptors (Lipinski definition) is 5.